The largest absolute Gasteiger partial charge is 0.490 e. The lowest BCUT2D eigenvalue weighted by Crippen LogP contribution is -2.02. The van der Waals surface area contributed by atoms with Crippen molar-refractivity contribution in [3.05, 3.63) is 43.6 Å². The summed E-state index contributed by atoms with van der Waals surface area (Å²) < 4.78 is 12.0. The zero-order valence-corrected chi connectivity index (χ0v) is 14.3. The minimum Gasteiger partial charge on any atom is -0.490 e. The van der Waals surface area contributed by atoms with E-state index in [0.717, 1.165) is 21.3 Å². The van der Waals surface area contributed by atoms with Gasteiger partial charge in [0.1, 0.15) is 0 Å². The van der Waals surface area contributed by atoms with Gasteiger partial charge in [0.05, 0.1) is 18.1 Å². The molecule has 110 valence electrons. The Morgan fingerprint density at radius 3 is 2.43 bits per heavy atom. The number of ether oxygens (including phenoxy) is 2. The summed E-state index contributed by atoms with van der Waals surface area (Å²) in [5.41, 5.74) is 1.76. The molecule has 1 aliphatic heterocycles. The molecule has 0 saturated carbocycles. The van der Waals surface area contributed by atoms with E-state index in [4.69, 9.17) is 9.47 Å². The van der Waals surface area contributed by atoms with Crippen LogP contribution < -0.4 is 9.47 Å². The predicted molar refractivity (Wildman–Crippen MR) is 87.0 cm³/mol. The lowest BCUT2D eigenvalue weighted by Gasteiger charge is -2.10. The van der Waals surface area contributed by atoms with Crippen molar-refractivity contribution in [2.45, 2.75) is 20.3 Å². The quantitative estimate of drug-likeness (QED) is 0.733. The Balaban J connectivity index is 2.02. The summed E-state index contributed by atoms with van der Waals surface area (Å²) in [7, 11) is 0. The van der Waals surface area contributed by atoms with Crippen LogP contribution in [0.4, 0.5) is 0 Å². The average molecular weight is 367 g/mol. The Morgan fingerprint density at radius 1 is 1.14 bits per heavy atom. The van der Waals surface area contributed by atoms with Gasteiger partial charge in [0, 0.05) is 21.3 Å². The number of hydrogen-bond acceptors (Lipinski definition) is 4. The molecule has 1 aromatic heterocycles. The van der Waals surface area contributed by atoms with Crippen LogP contribution in [0.25, 0.3) is 0 Å². The summed E-state index contributed by atoms with van der Waals surface area (Å²) in [5.74, 6) is 1.34. The molecule has 21 heavy (non-hydrogen) atoms. The fourth-order valence-electron chi connectivity index (χ4n) is 2.18. The minimum absolute atomic E-state index is 0.0127. The van der Waals surface area contributed by atoms with Gasteiger partial charge in [-0.05, 0) is 53.5 Å². The third kappa shape index (κ3) is 2.85. The van der Waals surface area contributed by atoms with Gasteiger partial charge >= 0.3 is 0 Å². The number of thiophene rings is 1. The summed E-state index contributed by atoms with van der Waals surface area (Å²) in [4.78, 5) is 14.6. The molecule has 0 aliphatic carbocycles. The van der Waals surface area contributed by atoms with Crippen molar-refractivity contribution in [2.75, 3.05) is 13.2 Å². The molecular formula is C16H15BrO3S. The van der Waals surface area contributed by atoms with Gasteiger partial charge in [0.2, 0.25) is 5.78 Å². The van der Waals surface area contributed by atoms with E-state index in [2.05, 4.69) is 15.9 Å². The van der Waals surface area contributed by atoms with Crippen molar-refractivity contribution in [1.82, 2.24) is 0 Å². The van der Waals surface area contributed by atoms with E-state index in [1.807, 2.05) is 26.0 Å². The second kappa shape index (κ2) is 5.81. The van der Waals surface area contributed by atoms with Crippen LogP contribution in [0.5, 0.6) is 11.5 Å². The highest BCUT2D eigenvalue weighted by molar-refractivity contribution is 9.10. The molecular weight excluding hydrogens is 352 g/mol. The van der Waals surface area contributed by atoms with E-state index in [1.165, 1.54) is 16.2 Å². The second-order valence-corrected chi connectivity index (χ2v) is 7.12. The van der Waals surface area contributed by atoms with Crippen LogP contribution in [-0.4, -0.2) is 19.0 Å². The van der Waals surface area contributed by atoms with Gasteiger partial charge in [-0.3, -0.25) is 4.79 Å². The molecule has 0 saturated heterocycles. The van der Waals surface area contributed by atoms with Gasteiger partial charge in [-0.15, -0.1) is 11.3 Å². The topological polar surface area (TPSA) is 35.5 Å². The molecule has 0 spiro atoms. The molecule has 2 heterocycles. The molecule has 0 radical (unpaired) electrons. The second-order valence-electron chi connectivity index (χ2n) is 5.01. The molecule has 0 N–H and O–H groups in total. The fraction of sp³-hybridized carbons (Fsp3) is 0.312. The lowest BCUT2D eigenvalue weighted by molar-refractivity contribution is 0.104. The molecule has 0 fully saturated rings. The number of halogens is 1. The molecule has 1 aliphatic rings. The third-order valence-corrected chi connectivity index (χ3v) is 5.28. The van der Waals surface area contributed by atoms with E-state index in [0.29, 0.717) is 30.3 Å². The third-order valence-electron chi connectivity index (χ3n) is 3.47. The lowest BCUT2D eigenvalue weighted by atomic mass is 10.1. The SMILES string of the molecule is Cc1cc(C(=O)c2cc3c(cc2Br)OCCCO3)sc1C. The van der Waals surface area contributed by atoms with Gasteiger partial charge < -0.3 is 9.47 Å². The van der Waals surface area contributed by atoms with E-state index in [1.54, 1.807) is 6.07 Å². The number of rotatable bonds is 2. The number of fused-ring (bicyclic) bond motifs is 1. The van der Waals surface area contributed by atoms with E-state index < -0.39 is 0 Å². The number of hydrogen-bond donors (Lipinski definition) is 0. The molecule has 0 unspecified atom stereocenters. The number of carbonyl (C=O) groups excluding carboxylic acids is 1. The van der Waals surface area contributed by atoms with Crippen LogP contribution in [0.2, 0.25) is 0 Å². The highest BCUT2D eigenvalue weighted by atomic mass is 79.9. The molecule has 1 aromatic carbocycles. The van der Waals surface area contributed by atoms with Crippen molar-refractivity contribution in [3.8, 4) is 11.5 Å². The summed E-state index contributed by atoms with van der Waals surface area (Å²) in [6, 6.07) is 5.54. The van der Waals surface area contributed by atoms with Crippen LogP contribution in [0.15, 0.2) is 22.7 Å². The van der Waals surface area contributed by atoms with Gasteiger partial charge in [0.25, 0.3) is 0 Å². The van der Waals surface area contributed by atoms with Gasteiger partial charge in [-0.1, -0.05) is 0 Å². The van der Waals surface area contributed by atoms with Crippen molar-refractivity contribution in [2.24, 2.45) is 0 Å². The molecule has 0 amide bonds. The first-order chi connectivity index (χ1) is 10.1. The van der Waals surface area contributed by atoms with Gasteiger partial charge in [-0.2, -0.15) is 0 Å². The van der Waals surface area contributed by atoms with Gasteiger partial charge in [-0.25, -0.2) is 0 Å². The van der Waals surface area contributed by atoms with Gasteiger partial charge in [0.15, 0.2) is 11.5 Å². The smallest absolute Gasteiger partial charge is 0.204 e. The number of aryl methyl sites for hydroxylation is 2. The molecule has 0 bridgehead atoms. The summed E-state index contributed by atoms with van der Waals surface area (Å²) >= 11 is 5.00. The van der Waals surface area contributed by atoms with Crippen molar-refractivity contribution < 1.29 is 14.3 Å². The van der Waals surface area contributed by atoms with Crippen molar-refractivity contribution in [3.63, 3.8) is 0 Å². The Kier molecular flexibility index (Phi) is 4.04. The number of ketones is 1. The van der Waals surface area contributed by atoms with Crippen molar-refractivity contribution in [1.29, 1.82) is 0 Å². The standard InChI is InChI=1S/C16H15BrO3S/c1-9-6-15(21-10(9)2)16(18)11-7-13-14(8-12(11)17)20-5-3-4-19-13/h6-8H,3-5H2,1-2H3. The zero-order chi connectivity index (χ0) is 15.0. The Hall–Kier alpha value is -1.33. The maximum absolute atomic E-state index is 12.7. The predicted octanol–water partition coefficient (Wildman–Crippen LogP) is 4.52. The van der Waals surface area contributed by atoms with Crippen molar-refractivity contribution >= 4 is 33.0 Å². The summed E-state index contributed by atoms with van der Waals surface area (Å²) in [5, 5.41) is 0. The van der Waals surface area contributed by atoms with Crippen LogP contribution in [0.3, 0.4) is 0 Å². The average Bonchev–Trinajstić information content (AvgIpc) is 2.66. The van der Waals surface area contributed by atoms with E-state index in [9.17, 15) is 4.79 Å². The van der Waals surface area contributed by atoms with Crippen LogP contribution >= 0.6 is 27.3 Å². The monoisotopic (exact) mass is 366 g/mol. The molecule has 2 aromatic rings. The first kappa shape index (κ1) is 14.6. The fourth-order valence-corrected chi connectivity index (χ4v) is 3.67. The van der Waals surface area contributed by atoms with E-state index >= 15 is 0 Å². The van der Waals surface area contributed by atoms with E-state index in [-0.39, 0.29) is 5.78 Å². The molecule has 3 nitrogen and oxygen atoms in total. The molecule has 0 atom stereocenters. The Bertz CT molecular complexity index is 686. The van der Waals surface area contributed by atoms with Crippen LogP contribution in [-0.2, 0) is 0 Å². The Morgan fingerprint density at radius 2 is 1.81 bits per heavy atom. The Labute approximate surface area is 136 Å². The summed E-state index contributed by atoms with van der Waals surface area (Å²) in [6.45, 7) is 5.29. The number of carbonyl (C=O) groups is 1. The van der Waals surface area contributed by atoms with Crippen LogP contribution in [0, 0.1) is 13.8 Å². The summed E-state index contributed by atoms with van der Waals surface area (Å²) in [6.07, 6.45) is 0.846. The molecule has 5 heteroatoms. The normalized spacial score (nSPS) is 13.9. The van der Waals surface area contributed by atoms with Crippen LogP contribution in [0.1, 0.15) is 32.1 Å². The maximum atomic E-state index is 12.7. The zero-order valence-electron chi connectivity index (χ0n) is 11.9. The highest BCUT2D eigenvalue weighted by Crippen LogP contribution is 2.37. The highest BCUT2D eigenvalue weighted by Gasteiger charge is 2.20. The number of benzene rings is 1. The first-order valence-corrected chi connectivity index (χ1v) is 8.38. The minimum atomic E-state index is 0.0127. The molecule has 3 rings (SSSR count). The first-order valence-electron chi connectivity index (χ1n) is 6.77. The maximum Gasteiger partial charge on any atom is 0.204 e.